The minimum Gasteiger partial charge on any atom is -0.291 e. The SMILES string of the molecule is N#CC(C(=O)c1sccc1Br)c1ccccc1Br. The minimum atomic E-state index is -0.782. The molecule has 0 bridgehead atoms. The lowest BCUT2D eigenvalue weighted by Crippen LogP contribution is -2.10. The first-order valence-corrected chi connectivity index (χ1v) is 7.53. The number of nitriles is 1. The van der Waals surface area contributed by atoms with Gasteiger partial charge in [0.2, 0.25) is 0 Å². The lowest BCUT2D eigenvalue weighted by Gasteiger charge is -2.09. The average molecular weight is 385 g/mol. The highest BCUT2D eigenvalue weighted by molar-refractivity contribution is 9.10. The molecule has 0 aliphatic heterocycles. The molecular weight excluding hydrogens is 378 g/mol. The quantitative estimate of drug-likeness (QED) is 0.715. The standard InChI is InChI=1S/C13H7Br2NOS/c14-10-4-2-1-3-8(10)9(7-16)12(17)13-11(15)5-6-18-13/h1-6,9H. The number of rotatable bonds is 3. The summed E-state index contributed by atoms with van der Waals surface area (Å²) >= 11 is 8.04. The van der Waals surface area contributed by atoms with Gasteiger partial charge in [0.05, 0.1) is 10.9 Å². The second-order valence-corrected chi connectivity index (χ2v) is 6.17. The van der Waals surface area contributed by atoms with E-state index in [1.54, 1.807) is 6.07 Å². The number of Topliss-reactive ketones (excluding diaryl/α,β-unsaturated/α-hetero) is 1. The molecule has 1 heterocycles. The Morgan fingerprint density at radius 3 is 2.50 bits per heavy atom. The Hall–Kier alpha value is -0.960. The van der Waals surface area contributed by atoms with Crippen molar-refractivity contribution < 1.29 is 4.79 Å². The number of ketones is 1. The molecule has 90 valence electrons. The normalized spacial score (nSPS) is 11.8. The number of hydrogen-bond donors (Lipinski definition) is 0. The summed E-state index contributed by atoms with van der Waals surface area (Å²) in [7, 11) is 0. The smallest absolute Gasteiger partial charge is 0.195 e. The van der Waals surface area contributed by atoms with Crippen molar-refractivity contribution in [3.63, 3.8) is 0 Å². The molecule has 0 aliphatic carbocycles. The number of halogens is 2. The van der Waals surface area contributed by atoms with Gasteiger partial charge in [0.1, 0.15) is 5.92 Å². The van der Waals surface area contributed by atoms with Crippen molar-refractivity contribution in [1.29, 1.82) is 5.26 Å². The fourth-order valence-electron chi connectivity index (χ4n) is 1.58. The summed E-state index contributed by atoms with van der Waals surface area (Å²) in [6.45, 7) is 0. The second kappa shape index (κ2) is 5.79. The zero-order valence-corrected chi connectivity index (χ0v) is 13.0. The van der Waals surface area contributed by atoms with Crippen LogP contribution in [0.1, 0.15) is 21.2 Å². The molecule has 1 unspecified atom stereocenters. The van der Waals surface area contributed by atoms with Gasteiger partial charge in [0.15, 0.2) is 5.78 Å². The summed E-state index contributed by atoms with van der Waals surface area (Å²) in [5.74, 6) is -0.957. The average Bonchev–Trinajstić information content (AvgIpc) is 2.78. The molecule has 0 amide bonds. The Labute approximate surface area is 126 Å². The van der Waals surface area contributed by atoms with Crippen LogP contribution in [-0.2, 0) is 0 Å². The Kier molecular flexibility index (Phi) is 4.33. The molecule has 0 radical (unpaired) electrons. The van der Waals surface area contributed by atoms with Gasteiger partial charge in [-0.15, -0.1) is 11.3 Å². The molecule has 1 aromatic carbocycles. The third kappa shape index (κ3) is 2.56. The third-order valence-corrected chi connectivity index (χ3v) is 5.02. The summed E-state index contributed by atoms with van der Waals surface area (Å²) in [4.78, 5) is 12.9. The van der Waals surface area contributed by atoms with Gasteiger partial charge in [0, 0.05) is 8.95 Å². The number of carbonyl (C=O) groups excluding carboxylic acids is 1. The minimum absolute atomic E-state index is 0.175. The zero-order valence-electron chi connectivity index (χ0n) is 9.06. The van der Waals surface area contributed by atoms with Gasteiger partial charge >= 0.3 is 0 Å². The molecule has 1 aromatic heterocycles. The highest BCUT2D eigenvalue weighted by Crippen LogP contribution is 2.32. The summed E-state index contributed by atoms with van der Waals surface area (Å²) in [6, 6.07) is 11.2. The molecule has 2 aromatic rings. The van der Waals surface area contributed by atoms with E-state index < -0.39 is 5.92 Å². The van der Waals surface area contributed by atoms with Gasteiger partial charge in [-0.1, -0.05) is 34.1 Å². The van der Waals surface area contributed by atoms with Crippen LogP contribution in [0.4, 0.5) is 0 Å². The van der Waals surface area contributed by atoms with Crippen LogP contribution in [0.3, 0.4) is 0 Å². The van der Waals surface area contributed by atoms with E-state index in [2.05, 4.69) is 37.9 Å². The molecule has 0 N–H and O–H groups in total. The Bertz CT molecular complexity index is 630. The maximum Gasteiger partial charge on any atom is 0.195 e. The van der Waals surface area contributed by atoms with Crippen LogP contribution >= 0.6 is 43.2 Å². The van der Waals surface area contributed by atoms with Crippen LogP contribution in [0.2, 0.25) is 0 Å². The molecule has 2 rings (SSSR count). The first kappa shape index (κ1) is 13.5. The summed E-state index contributed by atoms with van der Waals surface area (Å²) in [6.07, 6.45) is 0. The predicted octanol–water partition coefficient (Wildman–Crippen LogP) is 4.76. The molecule has 5 heteroatoms. The van der Waals surface area contributed by atoms with Gasteiger partial charge in [-0.3, -0.25) is 4.79 Å². The van der Waals surface area contributed by atoms with E-state index in [1.807, 2.05) is 29.6 Å². The lowest BCUT2D eigenvalue weighted by molar-refractivity contribution is 0.0982. The van der Waals surface area contributed by atoms with Crippen molar-refractivity contribution in [2.45, 2.75) is 5.92 Å². The maximum atomic E-state index is 12.3. The third-order valence-electron chi connectivity index (χ3n) is 2.45. The van der Waals surface area contributed by atoms with Crippen LogP contribution in [0.15, 0.2) is 44.7 Å². The van der Waals surface area contributed by atoms with Crippen LogP contribution in [0.5, 0.6) is 0 Å². The van der Waals surface area contributed by atoms with E-state index in [9.17, 15) is 10.1 Å². The first-order valence-electron chi connectivity index (χ1n) is 5.06. The molecule has 0 saturated carbocycles. The largest absolute Gasteiger partial charge is 0.291 e. The molecular formula is C13H7Br2NOS. The van der Waals surface area contributed by atoms with E-state index in [1.165, 1.54) is 11.3 Å². The van der Waals surface area contributed by atoms with Crippen molar-refractivity contribution >= 4 is 49.0 Å². The Morgan fingerprint density at radius 1 is 1.22 bits per heavy atom. The zero-order chi connectivity index (χ0) is 13.1. The van der Waals surface area contributed by atoms with Crippen LogP contribution in [-0.4, -0.2) is 5.78 Å². The molecule has 0 spiro atoms. The lowest BCUT2D eigenvalue weighted by atomic mass is 9.95. The topological polar surface area (TPSA) is 40.9 Å². The van der Waals surface area contributed by atoms with Gasteiger partial charge in [0.25, 0.3) is 0 Å². The van der Waals surface area contributed by atoms with Gasteiger partial charge in [-0.2, -0.15) is 5.26 Å². The summed E-state index contributed by atoms with van der Waals surface area (Å²) < 4.78 is 1.52. The number of nitrogens with zero attached hydrogens (tertiary/aromatic N) is 1. The Balaban J connectivity index is 2.43. The number of carbonyl (C=O) groups is 1. The monoisotopic (exact) mass is 383 g/mol. The van der Waals surface area contributed by atoms with Crippen LogP contribution in [0, 0.1) is 11.3 Å². The van der Waals surface area contributed by atoms with E-state index in [4.69, 9.17) is 0 Å². The summed E-state index contributed by atoms with van der Waals surface area (Å²) in [5, 5.41) is 11.1. The van der Waals surface area contributed by atoms with E-state index in [0.29, 0.717) is 10.4 Å². The van der Waals surface area contributed by atoms with Gasteiger partial charge in [-0.25, -0.2) is 0 Å². The fourth-order valence-corrected chi connectivity index (χ4v) is 3.63. The summed E-state index contributed by atoms with van der Waals surface area (Å²) in [5.41, 5.74) is 0.699. The van der Waals surface area contributed by atoms with Crippen molar-refractivity contribution in [3.8, 4) is 6.07 Å². The number of thiophene rings is 1. The predicted molar refractivity (Wildman–Crippen MR) is 78.8 cm³/mol. The van der Waals surface area contributed by atoms with Crippen molar-refractivity contribution in [2.75, 3.05) is 0 Å². The Morgan fingerprint density at radius 2 is 1.94 bits per heavy atom. The highest BCUT2D eigenvalue weighted by atomic mass is 79.9. The molecule has 0 saturated heterocycles. The fraction of sp³-hybridized carbons (Fsp3) is 0.0769. The van der Waals surface area contributed by atoms with Crippen molar-refractivity contribution in [2.24, 2.45) is 0 Å². The van der Waals surface area contributed by atoms with Gasteiger partial charge < -0.3 is 0 Å². The first-order chi connectivity index (χ1) is 8.65. The highest BCUT2D eigenvalue weighted by Gasteiger charge is 2.25. The van der Waals surface area contributed by atoms with Crippen molar-refractivity contribution in [3.05, 3.63) is 55.1 Å². The van der Waals surface area contributed by atoms with Crippen molar-refractivity contribution in [1.82, 2.24) is 0 Å². The van der Waals surface area contributed by atoms with E-state index >= 15 is 0 Å². The van der Waals surface area contributed by atoms with Crippen LogP contribution in [0.25, 0.3) is 0 Å². The molecule has 0 aliphatic rings. The maximum absolute atomic E-state index is 12.3. The van der Waals surface area contributed by atoms with Crippen LogP contribution < -0.4 is 0 Å². The van der Waals surface area contributed by atoms with E-state index in [0.717, 1.165) is 8.95 Å². The second-order valence-electron chi connectivity index (χ2n) is 3.55. The molecule has 0 fully saturated rings. The molecule has 18 heavy (non-hydrogen) atoms. The number of hydrogen-bond acceptors (Lipinski definition) is 3. The number of benzene rings is 1. The molecule has 2 nitrogen and oxygen atoms in total. The molecule has 1 atom stereocenters. The van der Waals surface area contributed by atoms with Gasteiger partial charge in [-0.05, 0) is 39.0 Å². The van der Waals surface area contributed by atoms with E-state index in [-0.39, 0.29) is 5.78 Å².